The highest BCUT2D eigenvalue weighted by atomic mass is 19.3. The monoisotopic (exact) mass is 401 g/mol. The van der Waals surface area contributed by atoms with E-state index in [1.165, 1.54) is 18.2 Å². The summed E-state index contributed by atoms with van der Waals surface area (Å²) in [6.45, 7) is -2.00. The molecule has 0 aromatic heterocycles. The van der Waals surface area contributed by atoms with Gasteiger partial charge in [-0.3, -0.25) is 9.59 Å². The van der Waals surface area contributed by atoms with Crippen molar-refractivity contribution >= 4 is 11.7 Å². The number of halogens is 2. The van der Waals surface area contributed by atoms with Gasteiger partial charge in [-0.1, -0.05) is 18.2 Å². The number of amides is 1. The van der Waals surface area contributed by atoms with Crippen molar-refractivity contribution in [3.63, 3.8) is 0 Å². The van der Waals surface area contributed by atoms with Crippen LogP contribution in [-0.4, -0.2) is 41.9 Å². The highest BCUT2D eigenvalue weighted by Gasteiger charge is 2.42. The summed E-state index contributed by atoms with van der Waals surface area (Å²) in [7, 11) is 0. The molecule has 29 heavy (non-hydrogen) atoms. The van der Waals surface area contributed by atoms with Crippen molar-refractivity contribution in [3.05, 3.63) is 59.7 Å². The van der Waals surface area contributed by atoms with E-state index in [9.17, 15) is 18.4 Å². The van der Waals surface area contributed by atoms with Crippen molar-refractivity contribution in [1.82, 2.24) is 4.90 Å². The number of Topliss-reactive ketones (excluding diaryl/α,β-unsaturated/α-hetero) is 1. The lowest BCUT2D eigenvalue weighted by atomic mass is 9.84. The van der Waals surface area contributed by atoms with Gasteiger partial charge in [-0.2, -0.15) is 8.78 Å². The minimum Gasteiger partial charge on any atom is -0.486 e. The van der Waals surface area contributed by atoms with Gasteiger partial charge in [-0.25, -0.2) is 0 Å². The van der Waals surface area contributed by atoms with Crippen LogP contribution in [0.4, 0.5) is 8.78 Å². The molecule has 0 aliphatic carbocycles. The summed E-state index contributed by atoms with van der Waals surface area (Å²) in [6.07, 6.45) is 2.19. The first kappa shape index (κ1) is 19.4. The fourth-order valence-electron chi connectivity index (χ4n) is 4.08. The van der Waals surface area contributed by atoms with Crippen LogP contribution in [-0.2, 0) is 0 Å². The minimum absolute atomic E-state index is 0.0463. The predicted molar refractivity (Wildman–Crippen MR) is 102 cm³/mol. The van der Waals surface area contributed by atoms with E-state index in [4.69, 9.17) is 4.74 Å². The highest BCUT2D eigenvalue weighted by molar-refractivity contribution is 6.00. The number of fused-ring (bicyclic) bond motifs is 1. The third kappa shape index (κ3) is 4.09. The number of rotatable bonds is 3. The molecule has 0 bridgehead atoms. The summed E-state index contributed by atoms with van der Waals surface area (Å²) in [4.78, 5) is 27.2. The Morgan fingerprint density at radius 3 is 2.76 bits per heavy atom. The van der Waals surface area contributed by atoms with Crippen LogP contribution < -0.4 is 9.47 Å². The maximum absolute atomic E-state index is 12.9. The molecule has 0 saturated carbocycles. The van der Waals surface area contributed by atoms with Gasteiger partial charge in [-0.15, -0.1) is 0 Å². The Morgan fingerprint density at radius 1 is 1.10 bits per heavy atom. The Balaban J connectivity index is 1.48. The molecule has 2 aromatic rings. The zero-order valence-electron chi connectivity index (χ0n) is 15.8. The molecule has 1 fully saturated rings. The average molecular weight is 401 g/mol. The number of carbonyl (C=O) groups excluding carboxylic acids is 2. The van der Waals surface area contributed by atoms with Crippen LogP contribution in [0, 0.1) is 0 Å². The summed E-state index contributed by atoms with van der Waals surface area (Å²) < 4.78 is 35.5. The van der Waals surface area contributed by atoms with E-state index in [1.807, 2.05) is 12.1 Å². The van der Waals surface area contributed by atoms with Crippen LogP contribution in [0.1, 0.15) is 46.4 Å². The van der Waals surface area contributed by atoms with Gasteiger partial charge in [0, 0.05) is 25.1 Å². The van der Waals surface area contributed by atoms with E-state index in [2.05, 4.69) is 4.74 Å². The molecule has 2 aliphatic rings. The van der Waals surface area contributed by atoms with Gasteiger partial charge >= 0.3 is 6.61 Å². The van der Waals surface area contributed by atoms with Crippen molar-refractivity contribution in [3.8, 4) is 11.5 Å². The van der Waals surface area contributed by atoms with Gasteiger partial charge < -0.3 is 14.4 Å². The fraction of sp³-hybridized carbons (Fsp3) is 0.364. The standard InChI is InChI=1S/C22H21F2NO4/c23-21(24)28-16-6-3-5-15(13-16)20(27)25-11-4-9-22(10-12-25)14-18(26)17-7-1-2-8-19(17)29-22/h1-3,5-8,13,21H,4,9-12,14H2. The Kier molecular flexibility index (Phi) is 5.22. The Labute approximate surface area is 167 Å². The number of hydrogen-bond acceptors (Lipinski definition) is 4. The number of benzene rings is 2. The molecule has 1 amide bonds. The SMILES string of the molecule is O=C1CC2(CCCN(C(=O)c3cccc(OC(F)F)c3)CC2)Oc2ccccc21. The lowest BCUT2D eigenvalue weighted by Crippen LogP contribution is -2.43. The minimum atomic E-state index is -2.94. The zero-order valence-corrected chi connectivity index (χ0v) is 15.8. The molecule has 4 rings (SSSR count). The van der Waals surface area contributed by atoms with Crippen LogP contribution >= 0.6 is 0 Å². The molecule has 2 aromatic carbocycles. The highest BCUT2D eigenvalue weighted by Crippen LogP contribution is 2.39. The Morgan fingerprint density at radius 2 is 1.93 bits per heavy atom. The summed E-state index contributed by atoms with van der Waals surface area (Å²) in [5, 5.41) is 0. The average Bonchev–Trinajstić information content (AvgIpc) is 2.89. The summed E-state index contributed by atoms with van der Waals surface area (Å²) in [5.41, 5.74) is 0.289. The van der Waals surface area contributed by atoms with Crippen molar-refractivity contribution in [1.29, 1.82) is 0 Å². The zero-order chi connectivity index (χ0) is 20.4. The van der Waals surface area contributed by atoms with Crippen molar-refractivity contribution in [2.75, 3.05) is 13.1 Å². The van der Waals surface area contributed by atoms with E-state index in [-0.39, 0.29) is 17.4 Å². The first-order valence-electron chi connectivity index (χ1n) is 9.61. The van der Waals surface area contributed by atoms with Crippen LogP contribution in [0.5, 0.6) is 11.5 Å². The lowest BCUT2D eigenvalue weighted by Gasteiger charge is -2.37. The number of alkyl halides is 2. The van der Waals surface area contributed by atoms with Gasteiger partial charge in [0.2, 0.25) is 0 Å². The van der Waals surface area contributed by atoms with E-state index >= 15 is 0 Å². The second kappa shape index (κ2) is 7.81. The predicted octanol–water partition coefficient (Wildman–Crippen LogP) is 4.32. The number of ether oxygens (including phenoxy) is 2. The first-order valence-corrected chi connectivity index (χ1v) is 9.61. The smallest absolute Gasteiger partial charge is 0.387 e. The fourth-order valence-corrected chi connectivity index (χ4v) is 4.08. The second-order valence-electron chi connectivity index (χ2n) is 7.43. The quantitative estimate of drug-likeness (QED) is 0.769. The largest absolute Gasteiger partial charge is 0.486 e. The van der Waals surface area contributed by atoms with Gasteiger partial charge in [0.05, 0.1) is 12.0 Å². The van der Waals surface area contributed by atoms with Crippen molar-refractivity contribution in [2.24, 2.45) is 0 Å². The van der Waals surface area contributed by atoms with Gasteiger partial charge in [0.15, 0.2) is 5.78 Å². The van der Waals surface area contributed by atoms with Crippen molar-refractivity contribution < 1.29 is 27.8 Å². The molecule has 1 atom stereocenters. The summed E-state index contributed by atoms with van der Waals surface area (Å²) in [6, 6.07) is 13.0. The summed E-state index contributed by atoms with van der Waals surface area (Å²) >= 11 is 0. The molecular formula is C22H21F2NO4. The molecule has 0 N–H and O–H groups in total. The molecule has 1 unspecified atom stereocenters. The number of para-hydroxylation sites is 1. The molecule has 7 heteroatoms. The van der Waals surface area contributed by atoms with E-state index in [0.717, 1.165) is 0 Å². The molecule has 2 aliphatic heterocycles. The number of likely N-dealkylation sites (tertiary alicyclic amines) is 1. The normalized spacial score (nSPS) is 21.5. The number of ketones is 1. The van der Waals surface area contributed by atoms with Gasteiger partial charge in [0.1, 0.15) is 17.1 Å². The van der Waals surface area contributed by atoms with Crippen molar-refractivity contribution in [2.45, 2.75) is 37.9 Å². The molecule has 5 nitrogen and oxygen atoms in total. The molecule has 152 valence electrons. The van der Waals surface area contributed by atoms with Crippen LogP contribution in [0.15, 0.2) is 48.5 Å². The van der Waals surface area contributed by atoms with Crippen LogP contribution in [0.25, 0.3) is 0 Å². The topological polar surface area (TPSA) is 55.8 Å². The van der Waals surface area contributed by atoms with Crippen LogP contribution in [0.3, 0.4) is 0 Å². The lowest BCUT2D eigenvalue weighted by molar-refractivity contribution is -0.0499. The Hall–Kier alpha value is -2.96. The van der Waals surface area contributed by atoms with Gasteiger partial charge in [0.25, 0.3) is 5.91 Å². The molecular weight excluding hydrogens is 380 g/mol. The molecule has 1 spiro atoms. The number of carbonyl (C=O) groups is 2. The number of hydrogen-bond donors (Lipinski definition) is 0. The third-order valence-electron chi connectivity index (χ3n) is 5.49. The molecule has 1 saturated heterocycles. The van der Waals surface area contributed by atoms with Gasteiger partial charge in [-0.05, 0) is 43.2 Å². The van der Waals surface area contributed by atoms with Crippen LogP contribution in [0.2, 0.25) is 0 Å². The maximum Gasteiger partial charge on any atom is 0.387 e. The molecule has 2 heterocycles. The van der Waals surface area contributed by atoms with E-state index < -0.39 is 12.2 Å². The maximum atomic E-state index is 12.9. The molecule has 0 radical (unpaired) electrons. The second-order valence-corrected chi connectivity index (χ2v) is 7.43. The number of nitrogens with zero attached hydrogens (tertiary/aromatic N) is 1. The first-order chi connectivity index (χ1) is 14.0. The van der Waals surface area contributed by atoms with E-state index in [1.54, 1.807) is 23.1 Å². The third-order valence-corrected chi connectivity index (χ3v) is 5.49. The summed E-state index contributed by atoms with van der Waals surface area (Å²) in [5.74, 6) is 0.364. The Bertz CT molecular complexity index is 933. The van der Waals surface area contributed by atoms with E-state index in [0.29, 0.717) is 55.6 Å².